The van der Waals surface area contributed by atoms with Gasteiger partial charge >= 0.3 is 0 Å². The molecule has 1 aromatic rings. The first kappa shape index (κ1) is 23.0. The van der Waals surface area contributed by atoms with Crippen molar-refractivity contribution in [3.05, 3.63) is 29.8 Å². The molecule has 0 aliphatic carbocycles. The van der Waals surface area contributed by atoms with Gasteiger partial charge in [0.25, 0.3) is 0 Å². The summed E-state index contributed by atoms with van der Waals surface area (Å²) in [7, 11) is -1.55. The van der Waals surface area contributed by atoms with Crippen molar-refractivity contribution in [2.75, 3.05) is 37.7 Å². The van der Waals surface area contributed by atoms with E-state index in [0.29, 0.717) is 18.3 Å². The third-order valence-corrected chi connectivity index (χ3v) is 4.70. The third-order valence-electron chi connectivity index (χ3n) is 4.11. The molecule has 148 valence electrons. The molecule has 26 heavy (non-hydrogen) atoms. The summed E-state index contributed by atoms with van der Waals surface area (Å²) >= 11 is 0. The number of anilines is 1. The maximum atomic E-state index is 11.5. The highest BCUT2D eigenvalue weighted by Crippen LogP contribution is 2.17. The van der Waals surface area contributed by atoms with Crippen LogP contribution in [0, 0.1) is 0 Å². The Hall–Kier alpha value is -1.07. The molecular weight excluding hydrogens is 467 g/mol. The van der Waals surface area contributed by atoms with E-state index in [0.717, 1.165) is 50.3 Å². The summed E-state index contributed by atoms with van der Waals surface area (Å²) < 4.78 is 31.2. The molecule has 1 aliphatic rings. The van der Waals surface area contributed by atoms with Crippen LogP contribution in [0.15, 0.2) is 29.3 Å². The highest BCUT2D eigenvalue weighted by molar-refractivity contribution is 14.0. The second kappa shape index (κ2) is 10.9. The molecule has 1 aromatic carbocycles. The SMILES string of the molecule is CCOC1CCN(C(=NC)NCc2ccccc2NS(C)(=O)=O)CC1.I. The number of nitrogens with zero attached hydrogens (tertiary/aromatic N) is 2. The van der Waals surface area contributed by atoms with E-state index in [1.165, 1.54) is 0 Å². The van der Waals surface area contributed by atoms with Crippen LogP contribution < -0.4 is 10.0 Å². The van der Waals surface area contributed by atoms with Crippen LogP contribution in [0.5, 0.6) is 0 Å². The summed E-state index contributed by atoms with van der Waals surface area (Å²) in [5.74, 6) is 0.823. The number of benzene rings is 1. The van der Waals surface area contributed by atoms with Crippen LogP contribution in [0.2, 0.25) is 0 Å². The van der Waals surface area contributed by atoms with Gasteiger partial charge in [-0.3, -0.25) is 9.71 Å². The molecule has 1 saturated heterocycles. The maximum absolute atomic E-state index is 11.5. The summed E-state index contributed by atoms with van der Waals surface area (Å²) in [6.45, 7) is 5.06. The van der Waals surface area contributed by atoms with Crippen LogP contribution in [0.4, 0.5) is 5.69 Å². The van der Waals surface area contributed by atoms with Gasteiger partial charge in [-0.1, -0.05) is 18.2 Å². The second-order valence-corrected chi connectivity index (χ2v) is 7.82. The molecule has 0 saturated carbocycles. The summed E-state index contributed by atoms with van der Waals surface area (Å²) in [6.07, 6.45) is 3.46. The molecule has 2 rings (SSSR count). The Labute approximate surface area is 173 Å². The molecule has 7 nitrogen and oxygen atoms in total. The van der Waals surface area contributed by atoms with E-state index in [2.05, 4.69) is 19.9 Å². The predicted octanol–water partition coefficient (Wildman–Crippen LogP) is 2.25. The molecule has 9 heteroatoms. The quantitative estimate of drug-likeness (QED) is 0.359. The first-order valence-electron chi connectivity index (χ1n) is 8.56. The lowest BCUT2D eigenvalue weighted by atomic mass is 10.1. The van der Waals surface area contributed by atoms with Crippen molar-refractivity contribution in [2.24, 2.45) is 4.99 Å². The summed E-state index contributed by atoms with van der Waals surface area (Å²) in [5.41, 5.74) is 1.46. The van der Waals surface area contributed by atoms with Crippen LogP contribution in [0.25, 0.3) is 0 Å². The number of rotatable bonds is 6. The number of sulfonamides is 1. The van der Waals surface area contributed by atoms with Gasteiger partial charge in [-0.15, -0.1) is 24.0 Å². The number of guanidine groups is 1. The first-order chi connectivity index (χ1) is 11.9. The molecule has 0 bridgehead atoms. The monoisotopic (exact) mass is 496 g/mol. The molecule has 1 heterocycles. The predicted molar refractivity (Wildman–Crippen MR) is 117 cm³/mol. The zero-order valence-corrected chi connectivity index (χ0v) is 18.7. The Morgan fingerprint density at radius 3 is 2.54 bits per heavy atom. The lowest BCUT2D eigenvalue weighted by molar-refractivity contribution is 0.0263. The second-order valence-electron chi connectivity index (χ2n) is 6.07. The van der Waals surface area contributed by atoms with Crippen molar-refractivity contribution in [3.63, 3.8) is 0 Å². The van der Waals surface area contributed by atoms with E-state index >= 15 is 0 Å². The van der Waals surface area contributed by atoms with Gasteiger partial charge in [0.15, 0.2) is 5.96 Å². The van der Waals surface area contributed by atoms with Gasteiger partial charge in [0.2, 0.25) is 10.0 Å². The molecular formula is C17H29IN4O3S. The average molecular weight is 496 g/mol. The number of para-hydroxylation sites is 1. The van der Waals surface area contributed by atoms with E-state index in [1.807, 2.05) is 25.1 Å². The number of piperidine rings is 1. The van der Waals surface area contributed by atoms with Crippen molar-refractivity contribution in [3.8, 4) is 0 Å². The van der Waals surface area contributed by atoms with Gasteiger partial charge in [0, 0.05) is 33.3 Å². The van der Waals surface area contributed by atoms with E-state index in [4.69, 9.17) is 4.74 Å². The van der Waals surface area contributed by atoms with Crippen molar-refractivity contribution in [1.29, 1.82) is 0 Å². The Bertz CT molecular complexity index is 689. The molecule has 0 amide bonds. The largest absolute Gasteiger partial charge is 0.378 e. The lowest BCUT2D eigenvalue weighted by Gasteiger charge is -2.34. The molecule has 1 aliphatic heterocycles. The highest BCUT2D eigenvalue weighted by atomic mass is 127. The zero-order chi connectivity index (χ0) is 18.3. The number of likely N-dealkylation sites (tertiary alicyclic amines) is 1. The van der Waals surface area contributed by atoms with E-state index in [9.17, 15) is 8.42 Å². The standard InChI is InChI=1S/C17H28N4O3S.HI/c1-4-24-15-9-11-21(12-10-15)17(18-2)19-13-14-7-5-6-8-16(14)20-25(3,22)23;/h5-8,15,20H,4,9-13H2,1-3H3,(H,18,19);1H. The minimum atomic E-state index is -3.31. The van der Waals surface area contributed by atoms with Crippen LogP contribution in [-0.2, 0) is 21.3 Å². The number of hydrogen-bond acceptors (Lipinski definition) is 4. The zero-order valence-electron chi connectivity index (χ0n) is 15.6. The molecule has 1 fully saturated rings. The molecule has 0 atom stereocenters. The Morgan fingerprint density at radius 1 is 1.31 bits per heavy atom. The first-order valence-corrected chi connectivity index (χ1v) is 10.4. The summed E-state index contributed by atoms with van der Waals surface area (Å²) in [6, 6.07) is 7.36. The minimum absolute atomic E-state index is 0. The molecule has 0 unspecified atom stereocenters. The van der Waals surface area contributed by atoms with Gasteiger partial charge in [-0.2, -0.15) is 0 Å². The van der Waals surface area contributed by atoms with E-state index in [1.54, 1.807) is 13.1 Å². The number of aliphatic imine (C=N–C) groups is 1. The fraction of sp³-hybridized carbons (Fsp3) is 0.588. The van der Waals surface area contributed by atoms with Crippen molar-refractivity contribution in [1.82, 2.24) is 10.2 Å². The van der Waals surface area contributed by atoms with Gasteiger partial charge in [-0.05, 0) is 31.4 Å². The molecule has 0 aromatic heterocycles. The molecule has 2 N–H and O–H groups in total. The fourth-order valence-corrected chi connectivity index (χ4v) is 3.55. The number of nitrogens with one attached hydrogen (secondary N) is 2. The topological polar surface area (TPSA) is 83.0 Å². The van der Waals surface area contributed by atoms with Gasteiger partial charge in [-0.25, -0.2) is 8.42 Å². The van der Waals surface area contributed by atoms with Crippen molar-refractivity contribution < 1.29 is 13.2 Å². The molecule has 0 spiro atoms. The normalized spacial score (nSPS) is 16.1. The van der Waals surface area contributed by atoms with Gasteiger partial charge < -0.3 is 15.0 Å². The fourth-order valence-electron chi connectivity index (χ4n) is 2.95. The van der Waals surface area contributed by atoms with Crippen molar-refractivity contribution in [2.45, 2.75) is 32.4 Å². The molecule has 0 radical (unpaired) electrons. The van der Waals surface area contributed by atoms with Crippen LogP contribution in [0.1, 0.15) is 25.3 Å². The van der Waals surface area contributed by atoms with Crippen LogP contribution in [0.3, 0.4) is 0 Å². The maximum Gasteiger partial charge on any atom is 0.229 e. The minimum Gasteiger partial charge on any atom is -0.378 e. The highest BCUT2D eigenvalue weighted by Gasteiger charge is 2.21. The van der Waals surface area contributed by atoms with Gasteiger partial charge in [0.05, 0.1) is 18.0 Å². The van der Waals surface area contributed by atoms with Crippen LogP contribution >= 0.6 is 24.0 Å². The summed E-state index contributed by atoms with van der Waals surface area (Å²) in [4.78, 5) is 6.56. The average Bonchev–Trinajstić information content (AvgIpc) is 2.57. The number of hydrogen-bond donors (Lipinski definition) is 2. The smallest absolute Gasteiger partial charge is 0.229 e. The van der Waals surface area contributed by atoms with Gasteiger partial charge in [0.1, 0.15) is 0 Å². The number of ether oxygens (including phenoxy) is 1. The van der Waals surface area contributed by atoms with Crippen LogP contribution in [-0.4, -0.2) is 58.4 Å². The lowest BCUT2D eigenvalue weighted by Crippen LogP contribution is -2.46. The number of halogens is 1. The van der Waals surface area contributed by atoms with E-state index < -0.39 is 10.0 Å². The van der Waals surface area contributed by atoms with Crippen molar-refractivity contribution >= 4 is 45.6 Å². The third kappa shape index (κ3) is 7.28. The van der Waals surface area contributed by atoms with E-state index in [-0.39, 0.29) is 24.0 Å². The summed E-state index contributed by atoms with van der Waals surface area (Å²) in [5, 5.41) is 3.33. The Kier molecular flexibility index (Phi) is 9.66. The Morgan fingerprint density at radius 2 is 1.96 bits per heavy atom. The Balaban J connectivity index is 0.00000338.